The molecule has 0 aromatic heterocycles. The fourth-order valence-electron chi connectivity index (χ4n) is 3.13. The van der Waals surface area contributed by atoms with Gasteiger partial charge in [-0.2, -0.15) is 4.31 Å². The van der Waals surface area contributed by atoms with E-state index in [4.69, 9.17) is 9.84 Å². The van der Waals surface area contributed by atoms with Crippen molar-refractivity contribution in [3.63, 3.8) is 0 Å². The summed E-state index contributed by atoms with van der Waals surface area (Å²) in [6.07, 6.45) is 1.88. The zero-order chi connectivity index (χ0) is 14.2. The highest BCUT2D eigenvalue weighted by molar-refractivity contribution is 7.89. The molecule has 3 unspecified atom stereocenters. The van der Waals surface area contributed by atoms with E-state index in [0.717, 1.165) is 6.42 Å². The van der Waals surface area contributed by atoms with E-state index in [1.807, 2.05) is 13.8 Å². The number of aliphatic carboxylic acids is 1. The van der Waals surface area contributed by atoms with Crippen LogP contribution >= 0.6 is 0 Å². The summed E-state index contributed by atoms with van der Waals surface area (Å²) in [5.41, 5.74) is 0. The molecule has 6 nitrogen and oxygen atoms in total. The van der Waals surface area contributed by atoms with Crippen LogP contribution in [0.3, 0.4) is 0 Å². The van der Waals surface area contributed by atoms with Crippen molar-refractivity contribution < 1.29 is 23.1 Å². The molecule has 0 radical (unpaired) electrons. The van der Waals surface area contributed by atoms with Crippen LogP contribution in [0, 0.1) is 5.92 Å². The second-order valence-corrected chi connectivity index (χ2v) is 7.54. The monoisotopic (exact) mass is 291 g/mol. The van der Waals surface area contributed by atoms with Gasteiger partial charge in [0, 0.05) is 12.1 Å². The molecular weight excluding hydrogens is 270 g/mol. The van der Waals surface area contributed by atoms with Crippen LogP contribution in [0.2, 0.25) is 0 Å². The number of ether oxygens (including phenoxy) is 1. The Balaban J connectivity index is 2.03. The Morgan fingerprint density at radius 2 is 2.11 bits per heavy atom. The van der Waals surface area contributed by atoms with Crippen molar-refractivity contribution in [3.05, 3.63) is 0 Å². The maximum atomic E-state index is 12.3. The van der Waals surface area contributed by atoms with Crippen LogP contribution in [0.25, 0.3) is 0 Å². The van der Waals surface area contributed by atoms with E-state index >= 15 is 0 Å². The number of sulfonamides is 1. The lowest BCUT2D eigenvalue weighted by Crippen LogP contribution is -2.40. The minimum Gasteiger partial charge on any atom is -0.481 e. The highest BCUT2D eigenvalue weighted by atomic mass is 32.2. The second-order valence-electron chi connectivity index (χ2n) is 5.54. The maximum Gasteiger partial charge on any atom is 0.308 e. The van der Waals surface area contributed by atoms with Gasteiger partial charge in [-0.05, 0) is 33.1 Å². The molecule has 0 aliphatic carbocycles. The number of rotatable bonds is 6. The molecule has 0 saturated carbocycles. The average molecular weight is 291 g/mol. The average Bonchev–Trinajstić information content (AvgIpc) is 2.85. The van der Waals surface area contributed by atoms with Gasteiger partial charge in [-0.3, -0.25) is 4.79 Å². The Morgan fingerprint density at radius 1 is 1.42 bits per heavy atom. The normalized spacial score (nSPS) is 31.2. The predicted octanol–water partition coefficient (Wildman–Crippen LogP) is 0.679. The van der Waals surface area contributed by atoms with Gasteiger partial charge in [-0.15, -0.1) is 0 Å². The summed E-state index contributed by atoms with van der Waals surface area (Å²) >= 11 is 0. The molecule has 19 heavy (non-hydrogen) atoms. The Morgan fingerprint density at radius 3 is 2.63 bits per heavy atom. The lowest BCUT2D eigenvalue weighted by molar-refractivity contribution is -0.142. The number of hydrogen-bond acceptors (Lipinski definition) is 4. The van der Waals surface area contributed by atoms with Crippen molar-refractivity contribution in [2.24, 2.45) is 5.92 Å². The number of fused-ring (bicyclic) bond motifs is 2. The van der Waals surface area contributed by atoms with Crippen molar-refractivity contribution >= 4 is 16.0 Å². The van der Waals surface area contributed by atoms with Crippen LogP contribution in [0.4, 0.5) is 0 Å². The third-order valence-electron chi connectivity index (χ3n) is 3.90. The Labute approximate surface area is 113 Å². The number of nitrogens with zero attached hydrogens (tertiary/aromatic N) is 1. The summed E-state index contributed by atoms with van der Waals surface area (Å²) in [6.45, 7) is 3.87. The smallest absolute Gasteiger partial charge is 0.308 e. The molecule has 0 aromatic carbocycles. The number of hydrogen-bond donors (Lipinski definition) is 1. The highest BCUT2D eigenvalue weighted by Gasteiger charge is 2.53. The number of carboxylic acids is 1. The minimum absolute atomic E-state index is 0.00253. The van der Waals surface area contributed by atoms with Gasteiger partial charge in [0.15, 0.2) is 0 Å². The molecule has 0 aromatic rings. The maximum absolute atomic E-state index is 12.3. The Kier molecular flexibility index (Phi) is 4.17. The molecule has 3 atom stereocenters. The van der Waals surface area contributed by atoms with E-state index in [2.05, 4.69) is 0 Å². The van der Waals surface area contributed by atoms with Gasteiger partial charge in [0.2, 0.25) is 10.0 Å². The lowest BCUT2D eigenvalue weighted by atomic mass is 9.89. The zero-order valence-corrected chi connectivity index (χ0v) is 12.1. The van der Waals surface area contributed by atoms with Gasteiger partial charge in [-0.1, -0.05) is 0 Å². The van der Waals surface area contributed by atoms with Crippen LogP contribution < -0.4 is 0 Å². The summed E-state index contributed by atoms with van der Waals surface area (Å²) in [7, 11) is -3.41. The molecule has 2 aliphatic rings. The van der Waals surface area contributed by atoms with Crippen LogP contribution in [-0.4, -0.2) is 54.3 Å². The second kappa shape index (κ2) is 5.38. The first-order chi connectivity index (χ1) is 8.83. The standard InChI is InChI=1S/C12H21NO5S/c1-8(2)18-5-6-19(16,17)13-9-3-4-11(13)10(7-9)12(14)15/h8-11H,3-7H2,1-2H3,(H,14,15). The Hall–Kier alpha value is -0.660. The summed E-state index contributed by atoms with van der Waals surface area (Å²) < 4.78 is 31.3. The fraction of sp³-hybridized carbons (Fsp3) is 0.917. The van der Waals surface area contributed by atoms with Crippen LogP contribution in [0.1, 0.15) is 33.1 Å². The molecular formula is C12H21NO5S. The molecule has 2 heterocycles. The van der Waals surface area contributed by atoms with E-state index in [9.17, 15) is 13.2 Å². The largest absolute Gasteiger partial charge is 0.481 e. The third-order valence-corrected chi connectivity index (χ3v) is 5.80. The van der Waals surface area contributed by atoms with Gasteiger partial charge < -0.3 is 9.84 Å². The van der Waals surface area contributed by atoms with Gasteiger partial charge in [0.25, 0.3) is 0 Å². The predicted molar refractivity (Wildman–Crippen MR) is 69.3 cm³/mol. The molecule has 0 amide bonds. The van der Waals surface area contributed by atoms with Crippen molar-refractivity contribution in [2.45, 2.75) is 51.3 Å². The zero-order valence-electron chi connectivity index (χ0n) is 11.3. The molecule has 7 heteroatoms. The van der Waals surface area contributed by atoms with E-state index in [0.29, 0.717) is 12.8 Å². The first-order valence-electron chi connectivity index (χ1n) is 6.68. The minimum atomic E-state index is -3.41. The lowest BCUT2D eigenvalue weighted by Gasteiger charge is -2.22. The van der Waals surface area contributed by atoms with E-state index in [1.54, 1.807) is 0 Å². The summed E-state index contributed by atoms with van der Waals surface area (Å²) in [5, 5.41) is 9.12. The van der Waals surface area contributed by atoms with Crippen LogP contribution in [-0.2, 0) is 19.6 Å². The molecule has 0 spiro atoms. The Bertz CT molecular complexity index is 447. The van der Waals surface area contributed by atoms with E-state index in [1.165, 1.54) is 4.31 Å². The van der Waals surface area contributed by atoms with Gasteiger partial charge >= 0.3 is 5.97 Å². The summed E-state index contributed by atoms with van der Waals surface area (Å²) in [5.74, 6) is -1.49. The molecule has 2 saturated heterocycles. The molecule has 2 aliphatic heterocycles. The van der Waals surface area contributed by atoms with Gasteiger partial charge in [0.1, 0.15) is 0 Å². The summed E-state index contributed by atoms with van der Waals surface area (Å²) in [4.78, 5) is 11.1. The topological polar surface area (TPSA) is 83.9 Å². The molecule has 1 N–H and O–H groups in total. The fourth-order valence-corrected chi connectivity index (χ4v) is 4.96. The number of carbonyl (C=O) groups is 1. The molecule has 2 bridgehead atoms. The molecule has 2 fully saturated rings. The molecule has 110 valence electrons. The summed E-state index contributed by atoms with van der Waals surface area (Å²) in [6, 6.07) is -0.485. The SMILES string of the molecule is CC(C)OCCS(=O)(=O)N1C2CCC1C(C(=O)O)C2. The van der Waals surface area contributed by atoms with Crippen LogP contribution in [0.15, 0.2) is 0 Å². The van der Waals surface area contributed by atoms with Gasteiger partial charge in [0.05, 0.1) is 24.4 Å². The van der Waals surface area contributed by atoms with E-state index < -0.39 is 21.9 Å². The van der Waals surface area contributed by atoms with Crippen molar-refractivity contribution in [3.8, 4) is 0 Å². The number of carboxylic acid groups (broad SMARTS) is 1. The van der Waals surface area contributed by atoms with Crippen molar-refractivity contribution in [2.75, 3.05) is 12.4 Å². The quantitative estimate of drug-likeness (QED) is 0.778. The first-order valence-corrected chi connectivity index (χ1v) is 8.29. The first kappa shape index (κ1) is 14.7. The van der Waals surface area contributed by atoms with Crippen molar-refractivity contribution in [1.29, 1.82) is 0 Å². The van der Waals surface area contributed by atoms with Crippen LogP contribution in [0.5, 0.6) is 0 Å². The third kappa shape index (κ3) is 2.93. The van der Waals surface area contributed by atoms with E-state index in [-0.39, 0.29) is 30.5 Å². The van der Waals surface area contributed by atoms with Gasteiger partial charge in [-0.25, -0.2) is 8.42 Å². The van der Waals surface area contributed by atoms with Crippen molar-refractivity contribution in [1.82, 2.24) is 4.31 Å². The highest BCUT2D eigenvalue weighted by Crippen LogP contribution is 2.43. The molecule has 2 rings (SSSR count).